The zero-order valence-electron chi connectivity index (χ0n) is 13.2. The van der Waals surface area contributed by atoms with Crippen molar-refractivity contribution in [2.24, 2.45) is 11.7 Å². The van der Waals surface area contributed by atoms with Gasteiger partial charge in [-0.3, -0.25) is 0 Å². The summed E-state index contributed by atoms with van der Waals surface area (Å²) in [5, 5.41) is 0. The van der Waals surface area contributed by atoms with Crippen LogP contribution in [0.3, 0.4) is 0 Å². The number of rotatable bonds is 6. The van der Waals surface area contributed by atoms with Crippen LogP contribution >= 0.6 is 0 Å². The Morgan fingerprint density at radius 1 is 1.25 bits per heavy atom. The number of aryl methyl sites for hydroxylation is 2. The molecule has 0 saturated carbocycles. The van der Waals surface area contributed by atoms with E-state index in [2.05, 4.69) is 50.5 Å². The smallest absolute Gasteiger partial charge is 0.126 e. The van der Waals surface area contributed by atoms with Crippen molar-refractivity contribution in [1.82, 2.24) is 9.55 Å². The molecule has 0 aliphatic heterocycles. The predicted molar refractivity (Wildman–Crippen MR) is 85.8 cm³/mol. The van der Waals surface area contributed by atoms with Gasteiger partial charge >= 0.3 is 0 Å². The van der Waals surface area contributed by atoms with Crippen LogP contribution in [0.4, 0.5) is 0 Å². The lowest BCUT2D eigenvalue weighted by molar-refractivity contribution is 0.475. The van der Waals surface area contributed by atoms with Gasteiger partial charge in [-0.15, -0.1) is 0 Å². The number of hydrogen-bond donors (Lipinski definition) is 1. The normalized spacial score (nSPS) is 13.3. The van der Waals surface area contributed by atoms with Crippen LogP contribution in [0.2, 0.25) is 0 Å². The second-order valence-electron chi connectivity index (χ2n) is 6.03. The van der Waals surface area contributed by atoms with Crippen LogP contribution in [0.1, 0.15) is 58.0 Å². The number of aromatic nitrogens is 2. The highest BCUT2D eigenvalue weighted by Gasteiger charge is 2.17. The molecule has 1 aromatic heterocycles. The van der Waals surface area contributed by atoms with E-state index >= 15 is 0 Å². The summed E-state index contributed by atoms with van der Waals surface area (Å²) in [6.45, 7) is 9.78. The molecule has 0 spiro atoms. The molecule has 110 valence electrons. The van der Waals surface area contributed by atoms with Gasteiger partial charge in [0.1, 0.15) is 5.82 Å². The maximum absolute atomic E-state index is 6.38. The minimum atomic E-state index is 0.0269. The zero-order chi connectivity index (χ0) is 14.7. The fraction of sp³-hybridized carbons (Fsp3) is 0.588. The van der Waals surface area contributed by atoms with Gasteiger partial charge in [-0.2, -0.15) is 0 Å². The van der Waals surface area contributed by atoms with Crippen LogP contribution in [0.15, 0.2) is 18.2 Å². The fourth-order valence-corrected chi connectivity index (χ4v) is 2.77. The summed E-state index contributed by atoms with van der Waals surface area (Å²) in [6, 6.07) is 6.63. The Balaban J connectivity index is 2.48. The molecule has 1 heterocycles. The van der Waals surface area contributed by atoms with E-state index in [1.165, 1.54) is 11.1 Å². The topological polar surface area (TPSA) is 43.8 Å². The third-order valence-electron chi connectivity index (χ3n) is 3.75. The van der Waals surface area contributed by atoms with Gasteiger partial charge in [-0.05, 0) is 42.9 Å². The van der Waals surface area contributed by atoms with Crippen molar-refractivity contribution in [2.75, 3.05) is 0 Å². The van der Waals surface area contributed by atoms with Gasteiger partial charge in [0.15, 0.2) is 0 Å². The number of hydrogen-bond acceptors (Lipinski definition) is 2. The van der Waals surface area contributed by atoms with E-state index in [9.17, 15) is 0 Å². The maximum Gasteiger partial charge on any atom is 0.126 e. The number of benzene rings is 1. The van der Waals surface area contributed by atoms with Gasteiger partial charge in [0.2, 0.25) is 0 Å². The lowest BCUT2D eigenvalue weighted by atomic mass is 10.0. The molecule has 1 aromatic carbocycles. The van der Waals surface area contributed by atoms with Crippen LogP contribution in [0.25, 0.3) is 11.0 Å². The van der Waals surface area contributed by atoms with Crippen LogP contribution in [-0.2, 0) is 13.0 Å². The van der Waals surface area contributed by atoms with Gasteiger partial charge < -0.3 is 10.3 Å². The first-order chi connectivity index (χ1) is 9.56. The Labute approximate surface area is 122 Å². The van der Waals surface area contributed by atoms with E-state index < -0.39 is 0 Å². The molecule has 3 heteroatoms. The molecule has 0 saturated heterocycles. The van der Waals surface area contributed by atoms with Gasteiger partial charge in [-0.25, -0.2) is 4.98 Å². The minimum absolute atomic E-state index is 0.0269. The molecule has 1 unspecified atom stereocenters. The largest absolute Gasteiger partial charge is 0.327 e. The van der Waals surface area contributed by atoms with E-state index in [0.29, 0.717) is 5.92 Å². The molecule has 2 rings (SSSR count). The number of imidazole rings is 1. The minimum Gasteiger partial charge on any atom is -0.327 e. The summed E-state index contributed by atoms with van der Waals surface area (Å²) in [4.78, 5) is 4.83. The summed E-state index contributed by atoms with van der Waals surface area (Å²) in [5.41, 5.74) is 10.0. The van der Waals surface area contributed by atoms with E-state index in [1.54, 1.807) is 0 Å². The fourth-order valence-electron chi connectivity index (χ4n) is 2.77. The first kappa shape index (κ1) is 15.0. The first-order valence-electron chi connectivity index (χ1n) is 7.81. The molecule has 0 aliphatic carbocycles. The highest BCUT2D eigenvalue weighted by molar-refractivity contribution is 5.77. The van der Waals surface area contributed by atoms with Gasteiger partial charge in [0.25, 0.3) is 0 Å². The third kappa shape index (κ3) is 3.04. The van der Waals surface area contributed by atoms with Crippen LogP contribution in [-0.4, -0.2) is 9.55 Å². The molecule has 3 nitrogen and oxygen atoms in total. The lowest BCUT2D eigenvalue weighted by Gasteiger charge is -2.16. The number of nitrogens with two attached hydrogens (primary N) is 1. The predicted octanol–water partition coefficient (Wildman–Crippen LogP) is 4.05. The van der Waals surface area contributed by atoms with Crippen molar-refractivity contribution >= 4 is 11.0 Å². The maximum atomic E-state index is 6.38. The summed E-state index contributed by atoms with van der Waals surface area (Å²) < 4.78 is 2.31. The standard InChI is InChI=1S/C17H27N3/c1-5-9-20-16-8-7-13(6-2)11-15(16)19-17(20)14(18)10-12(3)4/h7-8,11-12,14H,5-6,9-10,18H2,1-4H3. The molecular formula is C17H27N3. The highest BCUT2D eigenvalue weighted by atomic mass is 15.1. The Morgan fingerprint density at radius 3 is 2.60 bits per heavy atom. The quantitative estimate of drug-likeness (QED) is 0.862. The second-order valence-corrected chi connectivity index (χ2v) is 6.03. The Kier molecular flexibility index (Phi) is 4.81. The highest BCUT2D eigenvalue weighted by Crippen LogP contribution is 2.25. The molecule has 20 heavy (non-hydrogen) atoms. The van der Waals surface area contributed by atoms with Crippen molar-refractivity contribution in [3.8, 4) is 0 Å². The monoisotopic (exact) mass is 273 g/mol. The Hall–Kier alpha value is -1.35. The molecule has 0 fully saturated rings. The van der Waals surface area contributed by atoms with E-state index in [4.69, 9.17) is 10.7 Å². The molecule has 1 atom stereocenters. The molecule has 0 radical (unpaired) electrons. The molecule has 2 aromatic rings. The molecule has 0 bridgehead atoms. The van der Waals surface area contributed by atoms with Crippen molar-refractivity contribution in [2.45, 2.75) is 59.5 Å². The van der Waals surface area contributed by atoms with Crippen LogP contribution in [0, 0.1) is 5.92 Å². The van der Waals surface area contributed by atoms with E-state index in [0.717, 1.165) is 37.1 Å². The van der Waals surface area contributed by atoms with Crippen molar-refractivity contribution in [3.63, 3.8) is 0 Å². The van der Waals surface area contributed by atoms with Gasteiger partial charge in [0, 0.05) is 6.54 Å². The summed E-state index contributed by atoms with van der Waals surface area (Å²) in [6.07, 6.45) is 3.13. The van der Waals surface area contributed by atoms with E-state index in [-0.39, 0.29) is 6.04 Å². The SMILES string of the molecule is CCCn1c(C(N)CC(C)C)nc2cc(CC)ccc21. The van der Waals surface area contributed by atoms with Crippen molar-refractivity contribution in [3.05, 3.63) is 29.6 Å². The molecular weight excluding hydrogens is 246 g/mol. The molecule has 0 amide bonds. The first-order valence-corrected chi connectivity index (χ1v) is 7.81. The zero-order valence-corrected chi connectivity index (χ0v) is 13.2. The van der Waals surface area contributed by atoms with Gasteiger partial charge in [-0.1, -0.05) is 33.8 Å². The van der Waals surface area contributed by atoms with E-state index in [1.807, 2.05) is 0 Å². The Bertz CT molecular complexity index is 569. The summed E-state index contributed by atoms with van der Waals surface area (Å²) >= 11 is 0. The number of fused-ring (bicyclic) bond motifs is 1. The Morgan fingerprint density at radius 2 is 2.00 bits per heavy atom. The van der Waals surface area contributed by atoms with Crippen LogP contribution < -0.4 is 5.73 Å². The average molecular weight is 273 g/mol. The third-order valence-corrected chi connectivity index (χ3v) is 3.75. The molecule has 0 aliphatic rings. The second kappa shape index (κ2) is 6.40. The number of nitrogens with zero attached hydrogens (tertiary/aromatic N) is 2. The average Bonchev–Trinajstić information content (AvgIpc) is 2.76. The molecule has 2 N–H and O–H groups in total. The van der Waals surface area contributed by atoms with Crippen molar-refractivity contribution < 1.29 is 0 Å². The summed E-state index contributed by atoms with van der Waals surface area (Å²) in [7, 11) is 0. The van der Waals surface area contributed by atoms with Crippen molar-refractivity contribution in [1.29, 1.82) is 0 Å². The summed E-state index contributed by atoms with van der Waals surface area (Å²) in [5.74, 6) is 1.63. The van der Waals surface area contributed by atoms with Gasteiger partial charge in [0.05, 0.1) is 17.1 Å². The lowest BCUT2D eigenvalue weighted by Crippen LogP contribution is -2.18. The van der Waals surface area contributed by atoms with Crippen LogP contribution in [0.5, 0.6) is 0 Å².